The molecule has 4 atom stereocenters. The summed E-state index contributed by atoms with van der Waals surface area (Å²) in [5.74, 6) is -3.39. The summed E-state index contributed by atoms with van der Waals surface area (Å²) in [7, 11) is 0. The molecule has 11 nitrogen and oxygen atoms in total. The molecule has 0 bridgehead atoms. The maximum Gasteiger partial charge on any atom is 0.326 e. The highest BCUT2D eigenvalue weighted by atomic mass is 16.4. The van der Waals surface area contributed by atoms with E-state index in [9.17, 15) is 29.4 Å². The summed E-state index contributed by atoms with van der Waals surface area (Å²) in [5.41, 5.74) is 6.74. The van der Waals surface area contributed by atoms with E-state index >= 15 is 0 Å². The molecule has 0 saturated carbocycles. The van der Waals surface area contributed by atoms with Gasteiger partial charge in [0.2, 0.25) is 17.7 Å². The van der Waals surface area contributed by atoms with Crippen molar-refractivity contribution in [1.82, 2.24) is 16.0 Å². The largest absolute Gasteiger partial charge is 0.508 e. The van der Waals surface area contributed by atoms with Crippen LogP contribution < -0.4 is 21.7 Å². The minimum Gasteiger partial charge on any atom is -0.508 e. The molecule has 0 aliphatic heterocycles. The molecule has 0 aromatic heterocycles. The number of nitrogens with two attached hydrogens (primary N) is 1. The minimum atomic E-state index is -1.29. The fourth-order valence-corrected chi connectivity index (χ4v) is 3.16. The van der Waals surface area contributed by atoms with Crippen molar-refractivity contribution < 1.29 is 34.5 Å². The predicted octanol–water partition coefficient (Wildman–Crippen LogP) is -0.944. The first-order chi connectivity index (χ1) is 16.6. The predicted molar refractivity (Wildman–Crippen MR) is 126 cm³/mol. The third-order valence-corrected chi connectivity index (χ3v) is 5.19. The summed E-state index contributed by atoms with van der Waals surface area (Å²) in [4.78, 5) is 49.4. The number of phenols is 1. The first-order valence-electron chi connectivity index (χ1n) is 10.9. The molecule has 0 aliphatic carbocycles. The maximum atomic E-state index is 13.1. The second-order valence-electron chi connectivity index (χ2n) is 8.04. The monoisotopic (exact) mass is 486 g/mol. The van der Waals surface area contributed by atoms with Crippen LogP contribution in [0.1, 0.15) is 18.1 Å². The summed E-state index contributed by atoms with van der Waals surface area (Å²) < 4.78 is 0. The second-order valence-corrected chi connectivity index (χ2v) is 8.04. The number of hydrogen-bond donors (Lipinski definition) is 7. The number of carboxylic acid groups (broad SMARTS) is 1. The number of rotatable bonds is 12. The lowest BCUT2D eigenvalue weighted by Gasteiger charge is -2.24. The van der Waals surface area contributed by atoms with E-state index in [4.69, 9.17) is 10.8 Å². The van der Waals surface area contributed by atoms with E-state index in [0.717, 1.165) is 5.56 Å². The zero-order chi connectivity index (χ0) is 26.0. The van der Waals surface area contributed by atoms with Crippen LogP contribution >= 0.6 is 0 Å². The molecule has 11 heteroatoms. The van der Waals surface area contributed by atoms with Crippen molar-refractivity contribution in [2.75, 3.05) is 6.61 Å². The molecule has 0 fully saturated rings. The molecule has 8 N–H and O–H groups in total. The lowest BCUT2D eigenvalue weighted by molar-refractivity contribution is -0.142. The highest BCUT2D eigenvalue weighted by molar-refractivity contribution is 5.94. The van der Waals surface area contributed by atoms with Gasteiger partial charge in [0.1, 0.15) is 29.9 Å². The van der Waals surface area contributed by atoms with Crippen LogP contribution in [0.25, 0.3) is 0 Å². The summed E-state index contributed by atoms with van der Waals surface area (Å²) in [6.07, 6.45) is 0.0274. The Balaban J connectivity index is 2.15. The van der Waals surface area contributed by atoms with Gasteiger partial charge in [-0.2, -0.15) is 0 Å². The van der Waals surface area contributed by atoms with Gasteiger partial charge >= 0.3 is 5.97 Å². The van der Waals surface area contributed by atoms with Crippen LogP contribution in [0.5, 0.6) is 5.75 Å². The highest BCUT2D eigenvalue weighted by Crippen LogP contribution is 2.12. The van der Waals surface area contributed by atoms with Gasteiger partial charge in [0.15, 0.2) is 0 Å². The van der Waals surface area contributed by atoms with Crippen LogP contribution in [-0.4, -0.2) is 69.8 Å². The average Bonchev–Trinajstić information content (AvgIpc) is 2.84. The van der Waals surface area contributed by atoms with Crippen molar-refractivity contribution >= 4 is 23.7 Å². The standard InChI is InChI=1S/C24H30N4O7/c1-14(26-22(32)18(25)13-29)21(31)27-19(11-15-5-3-2-4-6-15)23(33)28-20(24(34)35)12-16-7-9-17(30)10-8-16/h2-10,14,18-20,29-30H,11-13,25H2,1H3,(H,26,32)(H,27,31)(H,28,33)(H,34,35). The second kappa shape index (κ2) is 13.1. The molecule has 2 aromatic rings. The van der Waals surface area contributed by atoms with Gasteiger partial charge in [-0.1, -0.05) is 42.5 Å². The Morgan fingerprint density at radius 1 is 0.800 bits per heavy atom. The topological polar surface area (TPSA) is 191 Å². The zero-order valence-corrected chi connectivity index (χ0v) is 19.2. The van der Waals surface area contributed by atoms with Crippen LogP contribution in [0.2, 0.25) is 0 Å². The van der Waals surface area contributed by atoms with Gasteiger partial charge in [-0.25, -0.2) is 4.79 Å². The molecular formula is C24H30N4O7. The lowest BCUT2D eigenvalue weighted by atomic mass is 10.0. The Morgan fingerprint density at radius 2 is 1.34 bits per heavy atom. The summed E-state index contributed by atoms with van der Waals surface area (Å²) in [5, 5.41) is 35.4. The maximum absolute atomic E-state index is 13.1. The van der Waals surface area contributed by atoms with E-state index in [1.807, 2.05) is 0 Å². The van der Waals surface area contributed by atoms with Gasteiger partial charge in [0, 0.05) is 12.8 Å². The molecule has 35 heavy (non-hydrogen) atoms. The van der Waals surface area contributed by atoms with Gasteiger partial charge in [-0.05, 0) is 30.2 Å². The van der Waals surface area contributed by atoms with Crippen molar-refractivity contribution in [2.24, 2.45) is 5.73 Å². The Morgan fingerprint density at radius 3 is 1.91 bits per heavy atom. The summed E-state index contributed by atoms with van der Waals surface area (Å²) in [6.45, 7) is 0.788. The number of amides is 3. The lowest BCUT2D eigenvalue weighted by Crippen LogP contribution is -2.57. The van der Waals surface area contributed by atoms with Crippen LogP contribution in [0.15, 0.2) is 54.6 Å². The first-order valence-corrected chi connectivity index (χ1v) is 10.9. The molecule has 0 spiro atoms. The average molecular weight is 487 g/mol. The minimum absolute atomic E-state index is 0.0245. The van der Waals surface area contributed by atoms with Crippen molar-refractivity contribution in [3.05, 3.63) is 65.7 Å². The normalized spacial score (nSPS) is 14.1. The number of benzene rings is 2. The van der Waals surface area contributed by atoms with Crippen LogP contribution in [0, 0.1) is 0 Å². The molecule has 0 saturated heterocycles. The highest BCUT2D eigenvalue weighted by Gasteiger charge is 2.29. The number of aliphatic hydroxyl groups is 1. The molecule has 2 aromatic carbocycles. The Bertz CT molecular complexity index is 1010. The molecule has 0 radical (unpaired) electrons. The van der Waals surface area contributed by atoms with E-state index < -0.39 is 54.5 Å². The third kappa shape index (κ3) is 8.72. The fourth-order valence-electron chi connectivity index (χ4n) is 3.16. The van der Waals surface area contributed by atoms with Gasteiger partial charge in [-0.15, -0.1) is 0 Å². The first kappa shape index (κ1) is 27.3. The Labute approximate surface area is 202 Å². The number of nitrogens with one attached hydrogen (secondary N) is 3. The number of aliphatic hydroxyl groups excluding tert-OH is 1. The van der Waals surface area contributed by atoms with E-state index in [2.05, 4.69) is 16.0 Å². The van der Waals surface area contributed by atoms with Gasteiger partial charge in [-0.3, -0.25) is 14.4 Å². The zero-order valence-electron chi connectivity index (χ0n) is 19.2. The number of carbonyl (C=O) groups excluding carboxylic acids is 3. The number of aromatic hydroxyl groups is 1. The van der Waals surface area contributed by atoms with Gasteiger partial charge in [0.05, 0.1) is 6.61 Å². The smallest absolute Gasteiger partial charge is 0.326 e. The number of aliphatic carboxylic acids is 1. The fraction of sp³-hybridized carbons (Fsp3) is 0.333. The molecule has 188 valence electrons. The summed E-state index contributed by atoms with van der Waals surface area (Å²) >= 11 is 0. The van der Waals surface area contributed by atoms with Crippen LogP contribution in [0.3, 0.4) is 0 Å². The molecule has 0 heterocycles. The van der Waals surface area contributed by atoms with Crippen molar-refractivity contribution in [3.63, 3.8) is 0 Å². The van der Waals surface area contributed by atoms with Crippen LogP contribution in [-0.2, 0) is 32.0 Å². The number of carboxylic acids is 1. The van der Waals surface area contributed by atoms with Crippen molar-refractivity contribution in [2.45, 2.75) is 43.9 Å². The summed E-state index contributed by atoms with van der Waals surface area (Å²) in [6, 6.07) is 10.0. The van der Waals surface area contributed by atoms with Crippen molar-refractivity contribution in [3.8, 4) is 5.75 Å². The molecule has 0 aliphatic rings. The number of phenolic OH excluding ortho intramolecular Hbond substituents is 1. The van der Waals surface area contributed by atoms with Crippen molar-refractivity contribution in [1.29, 1.82) is 0 Å². The van der Waals surface area contributed by atoms with E-state index in [1.165, 1.54) is 19.1 Å². The third-order valence-electron chi connectivity index (χ3n) is 5.19. The van der Waals surface area contributed by atoms with E-state index in [1.54, 1.807) is 42.5 Å². The Hall–Kier alpha value is -3.96. The van der Waals surface area contributed by atoms with Crippen LogP contribution in [0.4, 0.5) is 0 Å². The SMILES string of the molecule is CC(NC(=O)C(N)CO)C(=O)NC(Cc1ccccc1)C(=O)NC(Cc1ccc(O)cc1)C(=O)O. The quantitative estimate of drug-likeness (QED) is 0.200. The van der Waals surface area contributed by atoms with Gasteiger partial charge in [0.25, 0.3) is 0 Å². The molecule has 2 rings (SSSR count). The Kier molecular flexibility index (Phi) is 10.2. The van der Waals surface area contributed by atoms with E-state index in [0.29, 0.717) is 5.56 Å². The number of carbonyl (C=O) groups is 4. The number of hydrogen-bond acceptors (Lipinski definition) is 7. The molecule has 3 amide bonds. The molecular weight excluding hydrogens is 456 g/mol. The molecule has 4 unspecified atom stereocenters. The van der Waals surface area contributed by atoms with E-state index in [-0.39, 0.29) is 18.6 Å². The van der Waals surface area contributed by atoms with Gasteiger partial charge < -0.3 is 37.0 Å².